The average Bonchev–Trinajstić information content (AvgIpc) is 2.38. The number of pyridine rings is 1. The third kappa shape index (κ3) is 2.82. The molecule has 0 spiro atoms. The summed E-state index contributed by atoms with van der Waals surface area (Å²) in [5.41, 5.74) is 6.47. The first kappa shape index (κ1) is 14.9. The van der Waals surface area contributed by atoms with Gasteiger partial charge in [0.05, 0.1) is 11.9 Å². The number of nitrogens with two attached hydrogens (primary N) is 1. The van der Waals surface area contributed by atoms with Gasteiger partial charge in [-0.05, 0) is 36.3 Å². The molecular formula is C15H22FN3O. The first-order valence-corrected chi connectivity index (χ1v) is 7.00. The Morgan fingerprint density at radius 2 is 2.15 bits per heavy atom. The molecule has 1 fully saturated rings. The highest BCUT2D eigenvalue weighted by atomic mass is 19.1. The second-order valence-corrected chi connectivity index (χ2v) is 6.26. The summed E-state index contributed by atoms with van der Waals surface area (Å²) in [6, 6.07) is 2.90. The van der Waals surface area contributed by atoms with Crippen molar-refractivity contribution in [2.75, 3.05) is 5.32 Å². The Morgan fingerprint density at radius 1 is 1.45 bits per heavy atom. The molecule has 0 saturated heterocycles. The third-order valence-corrected chi connectivity index (χ3v) is 4.81. The van der Waals surface area contributed by atoms with Gasteiger partial charge in [0.25, 0.3) is 0 Å². The van der Waals surface area contributed by atoms with Crippen molar-refractivity contribution in [3.05, 3.63) is 24.3 Å². The van der Waals surface area contributed by atoms with Crippen LogP contribution in [0.5, 0.6) is 0 Å². The first-order chi connectivity index (χ1) is 9.32. The molecule has 0 aromatic carbocycles. The van der Waals surface area contributed by atoms with Crippen molar-refractivity contribution in [2.24, 2.45) is 23.0 Å². The number of anilines is 1. The van der Waals surface area contributed by atoms with E-state index in [4.69, 9.17) is 5.73 Å². The molecule has 4 nitrogen and oxygen atoms in total. The molecule has 110 valence electrons. The van der Waals surface area contributed by atoms with E-state index < -0.39 is 5.95 Å². The maximum absolute atomic E-state index is 12.8. The number of nitrogens with one attached hydrogen (secondary N) is 1. The van der Waals surface area contributed by atoms with Gasteiger partial charge in [0.1, 0.15) is 0 Å². The molecule has 1 saturated carbocycles. The van der Waals surface area contributed by atoms with Crippen LogP contribution >= 0.6 is 0 Å². The molecule has 3 N–H and O–H groups in total. The van der Waals surface area contributed by atoms with Gasteiger partial charge in [0.2, 0.25) is 11.9 Å². The van der Waals surface area contributed by atoms with Crippen LogP contribution in [-0.4, -0.2) is 16.9 Å². The number of nitrogens with zero attached hydrogens (tertiary/aromatic N) is 1. The van der Waals surface area contributed by atoms with Gasteiger partial charge in [-0.2, -0.15) is 4.39 Å². The van der Waals surface area contributed by atoms with E-state index in [9.17, 15) is 9.18 Å². The molecule has 1 aromatic heterocycles. The predicted molar refractivity (Wildman–Crippen MR) is 76.5 cm³/mol. The zero-order valence-corrected chi connectivity index (χ0v) is 12.2. The van der Waals surface area contributed by atoms with Crippen LogP contribution in [0, 0.1) is 23.2 Å². The summed E-state index contributed by atoms with van der Waals surface area (Å²) in [6.07, 6.45) is 2.96. The van der Waals surface area contributed by atoms with Gasteiger partial charge >= 0.3 is 0 Å². The first-order valence-electron chi connectivity index (χ1n) is 7.00. The lowest BCUT2D eigenvalue weighted by atomic mass is 9.61. The Hall–Kier alpha value is -1.49. The SMILES string of the molecule is CC1C(N)CCC(C(=O)Nc2ccc(F)nc2)C1(C)C. The lowest BCUT2D eigenvalue weighted by Gasteiger charge is -2.46. The van der Waals surface area contributed by atoms with Gasteiger partial charge < -0.3 is 11.1 Å². The van der Waals surface area contributed by atoms with Crippen molar-refractivity contribution in [2.45, 2.75) is 39.7 Å². The van der Waals surface area contributed by atoms with Crippen LogP contribution in [0.3, 0.4) is 0 Å². The second-order valence-electron chi connectivity index (χ2n) is 6.26. The number of hydrogen-bond donors (Lipinski definition) is 2. The number of hydrogen-bond acceptors (Lipinski definition) is 3. The van der Waals surface area contributed by atoms with Crippen LogP contribution in [0.2, 0.25) is 0 Å². The zero-order valence-electron chi connectivity index (χ0n) is 12.2. The maximum Gasteiger partial charge on any atom is 0.228 e. The van der Waals surface area contributed by atoms with Crippen molar-refractivity contribution < 1.29 is 9.18 Å². The molecule has 3 unspecified atom stereocenters. The molecule has 0 bridgehead atoms. The maximum atomic E-state index is 12.8. The average molecular weight is 279 g/mol. The molecule has 1 aromatic rings. The Labute approximate surface area is 119 Å². The molecule has 1 aliphatic rings. The highest BCUT2D eigenvalue weighted by molar-refractivity contribution is 5.93. The summed E-state index contributed by atoms with van der Waals surface area (Å²) < 4.78 is 12.8. The topological polar surface area (TPSA) is 68.0 Å². The van der Waals surface area contributed by atoms with Gasteiger partial charge in [-0.25, -0.2) is 4.98 Å². The van der Waals surface area contributed by atoms with Crippen molar-refractivity contribution >= 4 is 11.6 Å². The van der Waals surface area contributed by atoms with E-state index in [0.29, 0.717) is 5.69 Å². The lowest BCUT2D eigenvalue weighted by molar-refractivity contribution is -0.127. The Bertz CT molecular complexity index is 486. The van der Waals surface area contributed by atoms with Crippen LogP contribution in [0.4, 0.5) is 10.1 Å². The molecule has 1 aliphatic carbocycles. The molecule has 20 heavy (non-hydrogen) atoms. The third-order valence-electron chi connectivity index (χ3n) is 4.81. The van der Waals surface area contributed by atoms with Crippen LogP contribution in [0.1, 0.15) is 33.6 Å². The Morgan fingerprint density at radius 3 is 2.75 bits per heavy atom. The van der Waals surface area contributed by atoms with Crippen molar-refractivity contribution in [1.82, 2.24) is 4.98 Å². The molecule has 5 heteroatoms. The standard InChI is InChI=1S/C15H22FN3O/c1-9-12(17)6-5-11(15(9,2)3)14(20)19-10-4-7-13(16)18-8-10/h4,7-9,11-12H,5-6,17H2,1-3H3,(H,19,20). The van der Waals surface area contributed by atoms with Crippen LogP contribution in [0.15, 0.2) is 18.3 Å². The van der Waals surface area contributed by atoms with Gasteiger partial charge in [-0.1, -0.05) is 20.8 Å². The molecule has 3 atom stereocenters. The van der Waals surface area contributed by atoms with E-state index in [-0.39, 0.29) is 29.2 Å². The van der Waals surface area contributed by atoms with E-state index >= 15 is 0 Å². The number of carbonyl (C=O) groups is 1. The smallest absolute Gasteiger partial charge is 0.228 e. The van der Waals surface area contributed by atoms with E-state index in [1.807, 2.05) is 0 Å². The van der Waals surface area contributed by atoms with E-state index in [1.165, 1.54) is 18.3 Å². The number of aromatic nitrogens is 1. The zero-order chi connectivity index (χ0) is 14.9. The molecular weight excluding hydrogens is 257 g/mol. The van der Waals surface area contributed by atoms with Crippen molar-refractivity contribution in [3.63, 3.8) is 0 Å². The summed E-state index contributed by atoms with van der Waals surface area (Å²) in [5, 5.41) is 2.82. The minimum Gasteiger partial charge on any atom is -0.327 e. The minimum absolute atomic E-state index is 0.0397. The van der Waals surface area contributed by atoms with Gasteiger partial charge in [0.15, 0.2) is 0 Å². The number of carbonyl (C=O) groups excluding carboxylic acids is 1. The van der Waals surface area contributed by atoms with Crippen LogP contribution in [-0.2, 0) is 4.79 Å². The number of rotatable bonds is 2. The van der Waals surface area contributed by atoms with Gasteiger partial charge in [-0.3, -0.25) is 4.79 Å². The number of halogens is 1. The lowest BCUT2D eigenvalue weighted by Crippen LogP contribution is -2.50. The quantitative estimate of drug-likeness (QED) is 0.817. The van der Waals surface area contributed by atoms with Crippen LogP contribution < -0.4 is 11.1 Å². The minimum atomic E-state index is -0.555. The largest absolute Gasteiger partial charge is 0.327 e. The predicted octanol–water partition coefficient (Wildman–Crippen LogP) is 2.56. The van der Waals surface area contributed by atoms with Gasteiger partial charge in [-0.15, -0.1) is 0 Å². The summed E-state index contributed by atoms with van der Waals surface area (Å²) in [4.78, 5) is 16.0. The van der Waals surface area contributed by atoms with Crippen molar-refractivity contribution in [3.8, 4) is 0 Å². The Kier molecular flexibility index (Phi) is 4.09. The monoisotopic (exact) mass is 279 g/mol. The summed E-state index contributed by atoms with van der Waals surface area (Å²) in [5.74, 6) is -0.413. The normalized spacial score (nSPS) is 28.9. The fourth-order valence-electron chi connectivity index (χ4n) is 3.00. The summed E-state index contributed by atoms with van der Waals surface area (Å²) in [7, 11) is 0. The Balaban J connectivity index is 2.10. The summed E-state index contributed by atoms with van der Waals surface area (Å²) >= 11 is 0. The molecule has 0 aliphatic heterocycles. The van der Waals surface area contributed by atoms with Crippen molar-refractivity contribution in [1.29, 1.82) is 0 Å². The fraction of sp³-hybridized carbons (Fsp3) is 0.600. The molecule has 1 heterocycles. The van der Waals surface area contributed by atoms with E-state index in [2.05, 4.69) is 31.1 Å². The number of amides is 1. The summed E-state index contributed by atoms with van der Waals surface area (Å²) in [6.45, 7) is 6.28. The molecule has 1 amide bonds. The van der Waals surface area contributed by atoms with E-state index in [1.54, 1.807) is 0 Å². The van der Waals surface area contributed by atoms with E-state index in [0.717, 1.165) is 12.8 Å². The molecule has 0 radical (unpaired) electrons. The highest BCUT2D eigenvalue weighted by Gasteiger charge is 2.44. The fourth-order valence-corrected chi connectivity index (χ4v) is 3.00. The van der Waals surface area contributed by atoms with Crippen LogP contribution in [0.25, 0.3) is 0 Å². The second kappa shape index (κ2) is 5.48. The highest BCUT2D eigenvalue weighted by Crippen LogP contribution is 2.44. The van der Waals surface area contributed by atoms with Gasteiger partial charge in [0, 0.05) is 12.0 Å². The molecule has 2 rings (SSSR count).